The number of carbonyl (C=O) groups excluding carboxylic acids is 3. The summed E-state index contributed by atoms with van der Waals surface area (Å²) in [6.07, 6.45) is 2.65. The van der Waals surface area contributed by atoms with Gasteiger partial charge in [0.2, 0.25) is 5.91 Å². The molecule has 0 spiro atoms. The van der Waals surface area contributed by atoms with E-state index in [0.717, 1.165) is 12.8 Å². The summed E-state index contributed by atoms with van der Waals surface area (Å²) in [5.41, 5.74) is 2.07. The SMILES string of the molecule is CCOC(=O)CC=C1CCN(c2ccc(N3C[C@H](CNC(C)=O)OC3=O)cc2F)CC1. The first-order valence-electron chi connectivity index (χ1n) is 10.5. The van der Waals surface area contributed by atoms with E-state index in [0.29, 0.717) is 31.1 Å². The molecule has 0 aromatic heterocycles. The number of carbonyl (C=O) groups is 3. The number of esters is 1. The Labute approximate surface area is 181 Å². The van der Waals surface area contributed by atoms with Crippen LogP contribution < -0.4 is 15.1 Å². The van der Waals surface area contributed by atoms with Gasteiger partial charge in [0.1, 0.15) is 11.9 Å². The lowest BCUT2D eigenvalue weighted by atomic mass is 10.0. The molecule has 1 aromatic rings. The van der Waals surface area contributed by atoms with E-state index in [9.17, 15) is 18.8 Å². The summed E-state index contributed by atoms with van der Waals surface area (Å²) in [5, 5.41) is 2.61. The van der Waals surface area contributed by atoms with Gasteiger partial charge >= 0.3 is 12.1 Å². The van der Waals surface area contributed by atoms with Crippen LogP contribution in [-0.4, -0.2) is 56.9 Å². The molecule has 1 atom stereocenters. The molecule has 0 saturated carbocycles. The van der Waals surface area contributed by atoms with Gasteiger partial charge in [0.15, 0.2) is 0 Å². The van der Waals surface area contributed by atoms with Gasteiger partial charge in [0.05, 0.1) is 37.5 Å². The van der Waals surface area contributed by atoms with Crippen LogP contribution in [0.5, 0.6) is 0 Å². The highest BCUT2D eigenvalue weighted by Gasteiger charge is 2.33. The van der Waals surface area contributed by atoms with Crippen LogP contribution in [0.1, 0.15) is 33.1 Å². The number of hydrogen-bond acceptors (Lipinski definition) is 6. The van der Waals surface area contributed by atoms with Crippen molar-refractivity contribution >= 4 is 29.3 Å². The van der Waals surface area contributed by atoms with Crippen LogP contribution in [0.15, 0.2) is 29.8 Å². The number of piperidine rings is 1. The van der Waals surface area contributed by atoms with Gasteiger partial charge in [-0.2, -0.15) is 0 Å². The lowest BCUT2D eigenvalue weighted by molar-refractivity contribution is -0.142. The fraction of sp³-hybridized carbons (Fsp3) is 0.500. The maximum absolute atomic E-state index is 14.8. The molecule has 2 heterocycles. The third-order valence-electron chi connectivity index (χ3n) is 5.30. The molecule has 3 rings (SSSR count). The standard InChI is InChI=1S/C22H28FN3O5/c1-3-30-21(28)7-4-16-8-10-25(11-9-16)20-6-5-17(12-19(20)23)26-14-18(31-22(26)29)13-24-15(2)27/h4-6,12,18H,3,7-11,13-14H2,1-2H3,(H,24,27)/t18-/m0/s1. The number of rotatable bonds is 7. The first-order valence-corrected chi connectivity index (χ1v) is 10.5. The molecule has 0 radical (unpaired) electrons. The van der Waals surface area contributed by atoms with Gasteiger partial charge in [0, 0.05) is 20.0 Å². The maximum Gasteiger partial charge on any atom is 0.414 e. The molecule has 2 amide bonds. The van der Waals surface area contributed by atoms with Crippen LogP contribution in [-0.2, 0) is 19.1 Å². The van der Waals surface area contributed by atoms with Crippen LogP contribution in [0.2, 0.25) is 0 Å². The summed E-state index contributed by atoms with van der Waals surface area (Å²) < 4.78 is 25.0. The highest BCUT2D eigenvalue weighted by molar-refractivity contribution is 5.90. The summed E-state index contributed by atoms with van der Waals surface area (Å²) in [6.45, 7) is 5.30. The highest BCUT2D eigenvalue weighted by atomic mass is 19.1. The van der Waals surface area contributed by atoms with E-state index in [1.54, 1.807) is 19.1 Å². The second-order valence-electron chi connectivity index (χ2n) is 7.55. The molecule has 1 aromatic carbocycles. The summed E-state index contributed by atoms with van der Waals surface area (Å²) in [5.74, 6) is -0.848. The topological polar surface area (TPSA) is 88.2 Å². The summed E-state index contributed by atoms with van der Waals surface area (Å²) >= 11 is 0. The zero-order valence-corrected chi connectivity index (χ0v) is 17.9. The minimum absolute atomic E-state index is 0.203. The number of nitrogens with one attached hydrogen (secondary N) is 1. The molecular formula is C22H28FN3O5. The molecule has 8 nitrogen and oxygen atoms in total. The van der Waals surface area contributed by atoms with Gasteiger partial charge < -0.3 is 19.7 Å². The molecule has 9 heteroatoms. The number of benzene rings is 1. The van der Waals surface area contributed by atoms with Crippen molar-refractivity contribution in [1.29, 1.82) is 0 Å². The quantitative estimate of drug-likeness (QED) is 0.526. The zero-order chi connectivity index (χ0) is 22.4. The van der Waals surface area contributed by atoms with Gasteiger partial charge in [-0.25, -0.2) is 9.18 Å². The second kappa shape index (κ2) is 10.3. The fourth-order valence-corrected chi connectivity index (χ4v) is 3.70. The van der Waals surface area contributed by atoms with E-state index in [2.05, 4.69) is 5.32 Å². The largest absolute Gasteiger partial charge is 0.466 e. The van der Waals surface area contributed by atoms with Crippen LogP contribution in [0.3, 0.4) is 0 Å². The monoisotopic (exact) mass is 433 g/mol. The Morgan fingerprint density at radius 1 is 1.32 bits per heavy atom. The van der Waals surface area contributed by atoms with Crippen LogP contribution in [0.4, 0.5) is 20.6 Å². The number of ether oxygens (including phenoxy) is 2. The Kier molecular flexibility index (Phi) is 7.49. The van der Waals surface area contributed by atoms with Gasteiger partial charge in [-0.3, -0.25) is 14.5 Å². The van der Waals surface area contributed by atoms with E-state index in [1.807, 2.05) is 11.0 Å². The normalized spacial score (nSPS) is 18.6. The van der Waals surface area contributed by atoms with Crippen molar-refractivity contribution in [2.24, 2.45) is 0 Å². The lowest BCUT2D eigenvalue weighted by Crippen LogP contribution is -2.33. The number of amides is 2. The maximum atomic E-state index is 14.8. The number of nitrogens with zero attached hydrogens (tertiary/aromatic N) is 2. The van der Waals surface area contributed by atoms with Crippen molar-refractivity contribution in [3.8, 4) is 0 Å². The van der Waals surface area contributed by atoms with Crippen molar-refractivity contribution < 1.29 is 28.2 Å². The lowest BCUT2D eigenvalue weighted by Gasteiger charge is -2.31. The van der Waals surface area contributed by atoms with Crippen molar-refractivity contribution in [1.82, 2.24) is 5.32 Å². The molecule has 2 aliphatic rings. The Balaban J connectivity index is 1.58. The highest BCUT2D eigenvalue weighted by Crippen LogP contribution is 2.30. The third kappa shape index (κ3) is 5.96. The zero-order valence-electron chi connectivity index (χ0n) is 17.9. The van der Waals surface area contributed by atoms with Gasteiger partial charge in [-0.05, 0) is 38.0 Å². The molecule has 31 heavy (non-hydrogen) atoms. The first kappa shape index (κ1) is 22.6. The Morgan fingerprint density at radius 3 is 2.71 bits per heavy atom. The van der Waals surface area contributed by atoms with Crippen molar-refractivity contribution in [2.45, 2.75) is 39.2 Å². The van der Waals surface area contributed by atoms with E-state index < -0.39 is 18.0 Å². The molecule has 0 unspecified atom stereocenters. The van der Waals surface area contributed by atoms with Crippen LogP contribution in [0.25, 0.3) is 0 Å². The van der Waals surface area contributed by atoms with E-state index in [1.165, 1.54) is 23.5 Å². The van der Waals surface area contributed by atoms with Crippen molar-refractivity contribution in [2.75, 3.05) is 42.6 Å². The number of halogens is 1. The molecule has 168 valence electrons. The molecule has 1 N–H and O–H groups in total. The van der Waals surface area contributed by atoms with Crippen LogP contribution in [0, 0.1) is 5.82 Å². The average molecular weight is 433 g/mol. The summed E-state index contributed by atoms with van der Waals surface area (Å²) in [7, 11) is 0. The molecule has 2 fully saturated rings. The fourth-order valence-electron chi connectivity index (χ4n) is 3.70. The van der Waals surface area contributed by atoms with Gasteiger partial charge in [-0.1, -0.05) is 11.6 Å². The number of hydrogen-bond donors (Lipinski definition) is 1. The Morgan fingerprint density at radius 2 is 2.06 bits per heavy atom. The van der Waals surface area contributed by atoms with Crippen LogP contribution >= 0.6 is 0 Å². The van der Waals surface area contributed by atoms with E-state index in [-0.39, 0.29) is 31.4 Å². The number of anilines is 2. The first-order chi connectivity index (χ1) is 14.9. The Hall–Kier alpha value is -3.10. The predicted octanol–water partition coefficient (Wildman–Crippen LogP) is 2.77. The third-order valence-corrected chi connectivity index (χ3v) is 5.30. The minimum Gasteiger partial charge on any atom is -0.466 e. The predicted molar refractivity (Wildman–Crippen MR) is 113 cm³/mol. The number of cyclic esters (lactones) is 1. The molecule has 2 saturated heterocycles. The average Bonchev–Trinajstić information content (AvgIpc) is 3.12. The summed E-state index contributed by atoms with van der Waals surface area (Å²) in [6, 6.07) is 4.71. The van der Waals surface area contributed by atoms with Crippen molar-refractivity contribution in [3.05, 3.63) is 35.7 Å². The van der Waals surface area contributed by atoms with E-state index in [4.69, 9.17) is 9.47 Å². The smallest absolute Gasteiger partial charge is 0.414 e. The minimum atomic E-state index is -0.558. The Bertz CT molecular complexity index is 863. The molecule has 0 bridgehead atoms. The molecular weight excluding hydrogens is 405 g/mol. The van der Waals surface area contributed by atoms with E-state index >= 15 is 0 Å². The summed E-state index contributed by atoms with van der Waals surface area (Å²) in [4.78, 5) is 38.0. The van der Waals surface area contributed by atoms with Gasteiger partial charge in [0.25, 0.3) is 0 Å². The van der Waals surface area contributed by atoms with Crippen molar-refractivity contribution in [3.63, 3.8) is 0 Å². The molecule has 2 aliphatic heterocycles. The van der Waals surface area contributed by atoms with Gasteiger partial charge in [-0.15, -0.1) is 0 Å². The second-order valence-corrected chi connectivity index (χ2v) is 7.55. The molecule has 0 aliphatic carbocycles.